The number of nitrogens with zero attached hydrogens (tertiary/aromatic N) is 1. The van der Waals surface area contributed by atoms with Crippen LogP contribution in [0.5, 0.6) is 5.75 Å². The lowest BCUT2D eigenvalue weighted by molar-refractivity contribution is -0.157. The second kappa shape index (κ2) is 13.1. The van der Waals surface area contributed by atoms with Crippen LogP contribution < -0.4 is 15.0 Å². The molecule has 0 aromatic heterocycles. The molecule has 3 aliphatic heterocycles. The van der Waals surface area contributed by atoms with Crippen LogP contribution in [0, 0.1) is 11.8 Å². The molecule has 2 saturated heterocycles. The Hall–Kier alpha value is -3.12. The van der Waals surface area contributed by atoms with Crippen LogP contribution in [-0.4, -0.2) is 80.1 Å². The van der Waals surface area contributed by atoms with Gasteiger partial charge in [-0.3, -0.25) is 14.9 Å². The third-order valence-electron chi connectivity index (χ3n) is 8.68. The molecular formula is C32H43ClN2O9. The zero-order chi connectivity index (χ0) is 32.6. The molecular weight excluding hydrogens is 592 g/mol. The molecule has 0 spiro atoms. The number of epoxide rings is 1. The van der Waals surface area contributed by atoms with Gasteiger partial charge in [0.05, 0.1) is 31.2 Å². The number of carbonyl (C=O) groups is 3. The van der Waals surface area contributed by atoms with Crippen molar-refractivity contribution in [2.45, 2.75) is 89.6 Å². The first-order valence-corrected chi connectivity index (χ1v) is 15.1. The van der Waals surface area contributed by atoms with E-state index in [1.54, 1.807) is 40.0 Å². The number of halogens is 1. The maximum Gasteiger partial charge on any atom is 0.409 e. The molecule has 44 heavy (non-hydrogen) atoms. The second-order valence-corrected chi connectivity index (χ2v) is 12.8. The van der Waals surface area contributed by atoms with Crippen molar-refractivity contribution in [2.75, 3.05) is 26.2 Å². The Morgan fingerprint density at radius 1 is 1.25 bits per heavy atom. The lowest BCUT2D eigenvalue weighted by atomic mass is 9.83. The Kier molecular flexibility index (Phi) is 10.0. The summed E-state index contributed by atoms with van der Waals surface area (Å²) in [5, 5.41) is 14.4. The van der Waals surface area contributed by atoms with Gasteiger partial charge in [-0.2, -0.15) is 0 Å². The zero-order valence-electron chi connectivity index (χ0n) is 26.5. The minimum absolute atomic E-state index is 0.00361. The van der Waals surface area contributed by atoms with Gasteiger partial charge in [-0.15, -0.1) is 0 Å². The summed E-state index contributed by atoms with van der Waals surface area (Å²) in [6, 6.07) is 3.63. The number of amides is 2. The number of ether oxygens (including phenoxy) is 5. The molecule has 0 aliphatic carbocycles. The number of hydrogen-bond donors (Lipinski definition) is 2. The minimum atomic E-state index is -1.77. The number of allylic oxidation sites excluding steroid dienone is 3. The molecule has 12 heteroatoms. The molecule has 3 heterocycles. The predicted octanol–water partition coefficient (Wildman–Crippen LogP) is 4.32. The summed E-state index contributed by atoms with van der Waals surface area (Å²) in [6.07, 6.45) is 1.65. The summed E-state index contributed by atoms with van der Waals surface area (Å²) in [7, 11) is 4.56. The largest absolute Gasteiger partial charge is 0.495 e. The fourth-order valence-electron chi connectivity index (χ4n) is 5.88. The highest BCUT2D eigenvalue weighted by atomic mass is 35.5. The minimum Gasteiger partial charge on any atom is -0.495 e. The van der Waals surface area contributed by atoms with Crippen LogP contribution in [-0.2, 0) is 35.0 Å². The lowest BCUT2D eigenvalue weighted by Gasteiger charge is -2.42. The van der Waals surface area contributed by atoms with Crippen LogP contribution in [0.4, 0.5) is 10.5 Å². The molecule has 1 aromatic rings. The molecule has 0 unspecified atom stereocenters. The van der Waals surface area contributed by atoms with E-state index < -0.39 is 59.6 Å². The molecule has 4 rings (SSSR count). The third-order valence-corrected chi connectivity index (χ3v) is 9.06. The monoisotopic (exact) mass is 634 g/mol. The standard InChI is InChI=1S/C32H43ClN2O9/c1-17(2)29(37)43-25-15-26(36)35(6)21-13-20(14-22(40-7)27(21)33)12-18(3)10-9-11-24(41-8)32(39)16-23(42-30(38)34-32)19(4)28-31(25,5)44-28/h9-11,13-14,17,19,23-25,28,39H,12,15-16H2,1-8H3,(H,34,38)/b11-9+,18-10+/t19-,23+,24-,25-,28-,31+,32+/m1/s1. The number of alkyl carbamates (subject to hydrolysis) is 1. The summed E-state index contributed by atoms with van der Waals surface area (Å²) >= 11 is 6.68. The van der Waals surface area contributed by atoms with E-state index >= 15 is 0 Å². The van der Waals surface area contributed by atoms with Crippen molar-refractivity contribution in [1.29, 1.82) is 0 Å². The Labute approximate surface area is 263 Å². The average Bonchev–Trinajstić information content (AvgIpc) is 3.66. The van der Waals surface area contributed by atoms with Gasteiger partial charge < -0.3 is 33.7 Å². The number of rotatable bonds is 4. The van der Waals surface area contributed by atoms with Crippen LogP contribution in [0.25, 0.3) is 0 Å². The van der Waals surface area contributed by atoms with Gasteiger partial charge >= 0.3 is 12.1 Å². The van der Waals surface area contributed by atoms with E-state index in [0.717, 1.165) is 11.1 Å². The van der Waals surface area contributed by atoms with Crippen molar-refractivity contribution in [3.63, 3.8) is 0 Å². The average molecular weight is 635 g/mol. The smallest absolute Gasteiger partial charge is 0.409 e. The summed E-state index contributed by atoms with van der Waals surface area (Å²) in [6.45, 7) is 8.95. The van der Waals surface area contributed by atoms with Crippen molar-refractivity contribution in [1.82, 2.24) is 5.32 Å². The first-order valence-electron chi connectivity index (χ1n) is 14.7. The second-order valence-electron chi connectivity index (χ2n) is 12.4. The van der Waals surface area contributed by atoms with Gasteiger partial charge in [-0.1, -0.05) is 56.2 Å². The van der Waals surface area contributed by atoms with Crippen LogP contribution in [0.2, 0.25) is 5.02 Å². The first-order chi connectivity index (χ1) is 20.6. The highest BCUT2D eigenvalue weighted by Crippen LogP contribution is 2.49. The van der Waals surface area contributed by atoms with Gasteiger partial charge in [0.1, 0.15) is 34.7 Å². The molecule has 4 bridgehead atoms. The number of fused-ring (bicyclic) bond motifs is 5. The number of anilines is 1. The van der Waals surface area contributed by atoms with Gasteiger partial charge in [-0.25, -0.2) is 4.79 Å². The molecule has 242 valence electrons. The molecule has 2 fully saturated rings. The van der Waals surface area contributed by atoms with E-state index in [1.807, 2.05) is 32.1 Å². The normalized spacial score (nSPS) is 34.7. The van der Waals surface area contributed by atoms with E-state index in [2.05, 4.69) is 5.32 Å². The van der Waals surface area contributed by atoms with E-state index in [9.17, 15) is 19.5 Å². The van der Waals surface area contributed by atoms with Gasteiger partial charge in [-0.05, 0) is 38.0 Å². The zero-order valence-corrected chi connectivity index (χ0v) is 27.3. The van der Waals surface area contributed by atoms with Crippen molar-refractivity contribution < 1.29 is 43.2 Å². The van der Waals surface area contributed by atoms with Crippen molar-refractivity contribution in [2.24, 2.45) is 11.8 Å². The van der Waals surface area contributed by atoms with Crippen molar-refractivity contribution in [3.8, 4) is 5.75 Å². The number of benzene rings is 1. The topological polar surface area (TPSA) is 136 Å². The summed E-state index contributed by atoms with van der Waals surface area (Å²) in [4.78, 5) is 40.7. The fraction of sp³-hybridized carbons (Fsp3) is 0.594. The Bertz CT molecular complexity index is 1350. The van der Waals surface area contributed by atoms with E-state index in [4.69, 9.17) is 35.3 Å². The third kappa shape index (κ3) is 6.91. The van der Waals surface area contributed by atoms with E-state index in [0.29, 0.717) is 17.9 Å². The molecule has 2 N–H and O–H groups in total. The van der Waals surface area contributed by atoms with Crippen LogP contribution in [0.15, 0.2) is 35.9 Å². The number of hydrogen-bond acceptors (Lipinski definition) is 9. The lowest BCUT2D eigenvalue weighted by Crippen LogP contribution is -2.63. The van der Waals surface area contributed by atoms with E-state index in [1.165, 1.54) is 19.1 Å². The Morgan fingerprint density at radius 2 is 1.95 bits per heavy atom. The van der Waals surface area contributed by atoms with Crippen molar-refractivity contribution >= 4 is 35.3 Å². The molecule has 2 amide bonds. The molecule has 0 saturated carbocycles. The van der Waals surface area contributed by atoms with Crippen LogP contribution in [0.3, 0.4) is 0 Å². The van der Waals surface area contributed by atoms with Gasteiger partial charge in [0.2, 0.25) is 5.91 Å². The Balaban J connectivity index is 1.80. The maximum absolute atomic E-state index is 13.8. The first kappa shape index (κ1) is 33.8. The number of methoxy groups -OCH3 is 2. The number of carbonyl (C=O) groups excluding carboxylic acids is 3. The number of esters is 1. The number of nitrogens with one attached hydrogen (secondary N) is 1. The highest BCUT2D eigenvalue weighted by Gasteiger charge is 2.64. The molecule has 0 radical (unpaired) electrons. The van der Waals surface area contributed by atoms with Gasteiger partial charge in [0.15, 0.2) is 5.72 Å². The SMILES string of the molecule is COc1cc2cc(c1Cl)N(C)C(=O)C[C@@H](OC(=O)C(C)C)[C@]1(C)O[C@@H]1[C@H](C)[C@@H]1C[C@@](O)(NC(=O)O1)[C@H](OC)/C=C/C=C(\C)C2. The molecule has 11 nitrogen and oxygen atoms in total. The van der Waals surface area contributed by atoms with Gasteiger partial charge in [0, 0.05) is 26.5 Å². The molecule has 1 aromatic carbocycles. The fourth-order valence-corrected chi connectivity index (χ4v) is 6.19. The molecule has 7 atom stereocenters. The predicted molar refractivity (Wildman–Crippen MR) is 164 cm³/mol. The van der Waals surface area contributed by atoms with Crippen molar-refractivity contribution in [3.05, 3.63) is 46.5 Å². The van der Waals surface area contributed by atoms with Gasteiger partial charge in [0.25, 0.3) is 0 Å². The number of aliphatic hydroxyl groups is 1. The van der Waals surface area contributed by atoms with Crippen LogP contribution >= 0.6 is 11.6 Å². The summed E-state index contributed by atoms with van der Waals surface area (Å²) in [5.74, 6) is -1.30. The summed E-state index contributed by atoms with van der Waals surface area (Å²) < 4.78 is 28.8. The maximum atomic E-state index is 13.8. The van der Waals surface area contributed by atoms with E-state index in [-0.39, 0.29) is 23.8 Å². The molecule has 3 aliphatic rings. The quantitative estimate of drug-likeness (QED) is 0.366. The Morgan fingerprint density at radius 3 is 2.59 bits per heavy atom. The highest BCUT2D eigenvalue weighted by molar-refractivity contribution is 6.35. The van der Waals surface area contributed by atoms with Crippen LogP contribution in [0.1, 0.15) is 53.0 Å². The summed E-state index contributed by atoms with van der Waals surface area (Å²) in [5.41, 5.74) is -0.587.